The molecule has 7 nitrogen and oxygen atoms in total. The van der Waals surface area contributed by atoms with Crippen LogP contribution < -0.4 is 11.1 Å². The van der Waals surface area contributed by atoms with Crippen molar-refractivity contribution in [3.8, 4) is 0 Å². The molecule has 1 unspecified atom stereocenters. The molecule has 1 aliphatic heterocycles. The van der Waals surface area contributed by atoms with Gasteiger partial charge in [0.15, 0.2) is 0 Å². The minimum absolute atomic E-state index is 0.157. The number of likely N-dealkylation sites (tertiary alicyclic amines) is 1. The van der Waals surface area contributed by atoms with E-state index in [0.29, 0.717) is 25.9 Å². The number of carbonyl (C=O) groups is 3. The zero-order chi connectivity index (χ0) is 14.7. The van der Waals surface area contributed by atoms with Crippen LogP contribution in [0.1, 0.15) is 25.7 Å². The van der Waals surface area contributed by atoms with E-state index < -0.39 is 12.0 Å². The van der Waals surface area contributed by atoms with Crippen LogP contribution in [0, 0.1) is 11.8 Å². The molecular weight excluding hydrogens is 262 g/mol. The molecule has 0 aromatic heterocycles. The maximum absolute atomic E-state index is 11.9. The van der Waals surface area contributed by atoms with E-state index in [0.717, 1.165) is 12.8 Å². The number of carbonyl (C=O) groups excluding carboxylic acids is 3. The van der Waals surface area contributed by atoms with Gasteiger partial charge in [0.25, 0.3) is 0 Å². The summed E-state index contributed by atoms with van der Waals surface area (Å²) in [6.07, 6.45) is 1.87. The number of aliphatic hydroxyl groups excluding tert-OH is 1. The molecule has 20 heavy (non-hydrogen) atoms. The van der Waals surface area contributed by atoms with Crippen molar-refractivity contribution in [2.45, 2.75) is 31.8 Å². The van der Waals surface area contributed by atoms with Gasteiger partial charge >= 0.3 is 0 Å². The third-order valence-corrected chi connectivity index (χ3v) is 3.90. The van der Waals surface area contributed by atoms with Crippen molar-refractivity contribution >= 4 is 17.7 Å². The molecule has 1 saturated carbocycles. The van der Waals surface area contributed by atoms with Gasteiger partial charge in [0.2, 0.25) is 17.7 Å². The number of nitrogens with two attached hydrogens (primary N) is 1. The molecule has 0 radical (unpaired) electrons. The van der Waals surface area contributed by atoms with Gasteiger partial charge < -0.3 is 21.1 Å². The van der Waals surface area contributed by atoms with Gasteiger partial charge in [0.1, 0.15) is 6.10 Å². The van der Waals surface area contributed by atoms with E-state index in [1.807, 2.05) is 4.90 Å². The fraction of sp³-hybridized carbons (Fsp3) is 0.769. The summed E-state index contributed by atoms with van der Waals surface area (Å²) < 4.78 is 0. The highest BCUT2D eigenvalue weighted by atomic mass is 16.3. The van der Waals surface area contributed by atoms with Gasteiger partial charge in [-0.2, -0.15) is 0 Å². The summed E-state index contributed by atoms with van der Waals surface area (Å²) in [4.78, 5) is 36.2. The molecule has 1 atom stereocenters. The average Bonchev–Trinajstić information content (AvgIpc) is 3.28. The van der Waals surface area contributed by atoms with Gasteiger partial charge in [-0.05, 0) is 25.7 Å². The summed E-state index contributed by atoms with van der Waals surface area (Å²) >= 11 is 0. The number of nitrogens with zero attached hydrogens (tertiary/aromatic N) is 1. The fourth-order valence-electron chi connectivity index (χ4n) is 2.39. The number of rotatable bonds is 5. The first-order chi connectivity index (χ1) is 9.49. The molecule has 112 valence electrons. The second kappa shape index (κ2) is 6.21. The summed E-state index contributed by atoms with van der Waals surface area (Å²) in [6, 6.07) is 0. The van der Waals surface area contributed by atoms with Crippen LogP contribution in [-0.4, -0.2) is 53.5 Å². The van der Waals surface area contributed by atoms with Crippen molar-refractivity contribution in [2.75, 3.05) is 19.6 Å². The summed E-state index contributed by atoms with van der Waals surface area (Å²) in [5.74, 6) is -0.781. The first kappa shape index (κ1) is 14.8. The number of aliphatic hydroxyl groups is 1. The molecule has 0 bridgehead atoms. The van der Waals surface area contributed by atoms with E-state index in [1.54, 1.807) is 0 Å². The second-order valence-corrected chi connectivity index (χ2v) is 5.54. The van der Waals surface area contributed by atoms with Crippen LogP contribution in [0.2, 0.25) is 0 Å². The van der Waals surface area contributed by atoms with Crippen molar-refractivity contribution in [1.82, 2.24) is 10.2 Å². The number of primary amides is 1. The Kier molecular flexibility index (Phi) is 4.59. The van der Waals surface area contributed by atoms with E-state index >= 15 is 0 Å². The summed E-state index contributed by atoms with van der Waals surface area (Å²) in [5, 5.41) is 11.7. The number of piperidine rings is 1. The molecule has 7 heteroatoms. The predicted molar refractivity (Wildman–Crippen MR) is 70.2 cm³/mol. The van der Waals surface area contributed by atoms with Crippen molar-refractivity contribution in [3.63, 3.8) is 0 Å². The highest BCUT2D eigenvalue weighted by Crippen LogP contribution is 2.32. The van der Waals surface area contributed by atoms with Crippen molar-refractivity contribution in [1.29, 1.82) is 0 Å². The molecule has 0 spiro atoms. The first-order valence-electron chi connectivity index (χ1n) is 7.03. The minimum Gasteiger partial charge on any atom is -0.381 e. The molecule has 4 N–H and O–H groups in total. The van der Waals surface area contributed by atoms with Gasteiger partial charge in [-0.3, -0.25) is 14.4 Å². The zero-order valence-electron chi connectivity index (χ0n) is 11.4. The van der Waals surface area contributed by atoms with E-state index in [1.165, 1.54) is 0 Å². The van der Waals surface area contributed by atoms with Crippen molar-refractivity contribution < 1.29 is 19.5 Å². The normalized spacial score (nSPS) is 21.4. The van der Waals surface area contributed by atoms with Gasteiger partial charge in [0, 0.05) is 24.9 Å². The second-order valence-electron chi connectivity index (χ2n) is 5.54. The minimum atomic E-state index is -1.35. The quantitative estimate of drug-likeness (QED) is 0.575. The Hall–Kier alpha value is -1.63. The molecule has 2 rings (SSSR count). The Morgan fingerprint density at radius 1 is 1.15 bits per heavy atom. The summed E-state index contributed by atoms with van der Waals surface area (Å²) in [5.41, 5.74) is 4.90. The third kappa shape index (κ3) is 3.69. The van der Waals surface area contributed by atoms with E-state index in [2.05, 4.69) is 5.32 Å². The number of hydrogen-bond donors (Lipinski definition) is 3. The Morgan fingerprint density at radius 2 is 1.75 bits per heavy atom. The molecule has 1 heterocycles. The third-order valence-electron chi connectivity index (χ3n) is 3.90. The Morgan fingerprint density at radius 3 is 2.25 bits per heavy atom. The van der Waals surface area contributed by atoms with Gasteiger partial charge in [-0.25, -0.2) is 0 Å². The predicted octanol–water partition coefficient (Wildman–Crippen LogP) is -1.40. The topological polar surface area (TPSA) is 113 Å². The molecule has 2 fully saturated rings. The summed E-state index contributed by atoms with van der Waals surface area (Å²) in [6.45, 7) is 1.05. The monoisotopic (exact) mass is 283 g/mol. The number of nitrogens with one attached hydrogen (secondary N) is 1. The molecule has 1 saturated heterocycles. The molecule has 3 amide bonds. The van der Waals surface area contributed by atoms with Crippen molar-refractivity contribution in [3.05, 3.63) is 0 Å². The van der Waals surface area contributed by atoms with Crippen LogP contribution in [0.3, 0.4) is 0 Å². The van der Waals surface area contributed by atoms with Crippen LogP contribution in [-0.2, 0) is 14.4 Å². The van der Waals surface area contributed by atoms with Crippen LogP contribution in [0.5, 0.6) is 0 Å². The lowest BCUT2D eigenvalue weighted by Crippen LogP contribution is -2.46. The molecule has 0 aromatic rings. The fourth-order valence-corrected chi connectivity index (χ4v) is 2.39. The number of hydrogen-bond acceptors (Lipinski definition) is 4. The molecule has 1 aliphatic carbocycles. The first-order valence-corrected chi connectivity index (χ1v) is 7.03. The lowest BCUT2D eigenvalue weighted by atomic mass is 9.95. The SMILES string of the molecule is NC(=O)C(O)CNC(=O)C1CCN(C(=O)C2CC2)CC1. The summed E-state index contributed by atoms with van der Waals surface area (Å²) in [7, 11) is 0. The Balaban J connectivity index is 1.71. The van der Waals surface area contributed by atoms with Gasteiger partial charge in [-0.15, -0.1) is 0 Å². The molecular formula is C13H21N3O4. The van der Waals surface area contributed by atoms with E-state index in [-0.39, 0.29) is 30.2 Å². The van der Waals surface area contributed by atoms with Crippen LogP contribution in [0.4, 0.5) is 0 Å². The highest BCUT2D eigenvalue weighted by molar-refractivity contribution is 5.83. The van der Waals surface area contributed by atoms with Gasteiger partial charge in [-0.1, -0.05) is 0 Å². The van der Waals surface area contributed by atoms with Crippen LogP contribution in [0.25, 0.3) is 0 Å². The smallest absolute Gasteiger partial charge is 0.248 e. The Labute approximate surface area is 117 Å². The number of amides is 3. The lowest BCUT2D eigenvalue weighted by molar-refractivity contribution is -0.137. The average molecular weight is 283 g/mol. The molecule has 0 aromatic carbocycles. The standard InChI is InChI=1S/C13H21N3O4/c14-11(18)10(17)7-15-12(19)8-3-5-16(6-4-8)13(20)9-1-2-9/h8-10,17H,1-7H2,(H2,14,18)(H,15,19). The highest BCUT2D eigenvalue weighted by Gasteiger charge is 2.35. The molecule has 2 aliphatic rings. The lowest BCUT2D eigenvalue weighted by Gasteiger charge is -2.31. The Bertz CT molecular complexity index is 400. The van der Waals surface area contributed by atoms with E-state index in [9.17, 15) is 19.5 Å². The largest absolute Gasteiger partial charge is 0.381 e. The van der Waals surface area contributed by atoms with E-state index in [4.69, 9.17) is 5.73 Å². The van der Waals surface area contributed by atoms with Gasteiger partial charge in [0.05, 0.1) is 6.54 Å². The van der Waals surface area contributed by atoms with Crippen molar-refractivity contribution in [2.24, 2.45) is 17.6 Å². The maximum Gasteiger partial charge on any atom is 0.248 e. The maximum atomic E-state index is 11.9. The van der Waals surface area contributed by atoms with Crippen LogP contribution >= 0.6 is 0 Å². The van der Waals surface area contributed by atoms with Crippen LogP contribution in [0.15, 0.2) is 0 Å². The zero-order valence-corrected chi connectivity index (χ0v) is 11.4.